The van der Waals surface area contributed by atoms with Gasteiger partial charge in [-0.05, 0) is 49.6 Å². The highest BCUT2D eigenvalue weighted by atomic mass is 35.5. The second-order valence-corrected chi connectivity index (χ2v) is 9.00. The minimum atomic E-state index is -0.428. The molecule has 0 unspecified atom stereocenters. The van der Waals surface area contributed by atoms with E-state index in [4.69, 9.17) is 11.6 Å². The van der Waals surface area contributed by atoms with Gasteiger partial charge in [-0.1, -0.05) is 36.9 Å². The van der Waals surface area contributed by atoms with E-state index in [0.717, 1.165) is 15.3 Å². The molecule has 0 spiro atoms. The molecule has 1 N–H and O–H groups in total. The van der Waals surface area contributed by atoms with Crippen molar-refractivity contribution in [2.24, 2.45) is 0 Å². The molecule has 0 radical (unpaired) electrons. The maximum Gasteiger partial charge on any atom is 0.367 e. The number of carbonyl (C=O) groups excluding carboxylic acids is 1. The van der Waals surface area contributed by atoms with Gasteiger partial charge < -0.3 is 5.32 Å². The maximum atomic E-state index is 12.7. The molecule has 0 saturated heterocycles. The first-order valence-electron chi connectivity index (χ1n) is 9.69. The number of aromatic nitrogens is 4. The van der Waals surface area contributed by atoms with Crippen LogP contribution < -0.4 is 11.0 Å². The smallest absolute Gasteiger partial charge is 0.324 e. The summed E-state index contributed by atoms with van der Waals surface area (Å²) in [4.78, 5) is 25.0. The SMILES string of the molecule is Cc1ccc(NC(=O)Cn2nc3ccc(SC4CCCCC4)nn3c2=O)cc1Cl. The number of halogens is 1. The quantitative estimate of drug-likeness (QED) is 0.662. The molecule has 4 rings (SSSR count). The molecule has 3 aromatic rings. The molecule has 29 heavy (non-hydrogen) atoms. The second-order valence-electron chi connectivity index (χ2n) is 7.27. The molecule has 1 amide bonds. The third-order valence-corrected chi connectivity index (χ3v) is 6.68. The Morgan fingerprint density at radius 3 is 2.76 bits per heavy atom. The van der Waals surface area contributed by atoms with E-state index in [2.05, 4.69) is 15.5 Å². The van der Waals surface area contributed by atoms with Crippen LogP contribution in [0.3, 0.4) is 0 Å². The number of rotatable bonds is 5. The van der Waals surface area contributed by atoms with Crippen LogP contribution in [0.4, 0.5) is 5.69 Å². The molecule has 2 aromatic heterocycles. The van der Waals surface area contributed by atoms with Crippen molar-refractivity contribution in [2.45, 2.75) is 55.8 Å². The first kappa shape index (κ1) is 20.0. The van der Waals surface area contributed by atoms with Crippen LogP contribution in [0, 0.1) is 6.92 Å². The lowest BCUT2D eigenvalue weighted by Gasteiger charge is -2.20. The van der Waals surface area contributed by atoms with Crippen LogP contribution in [-0.4, -0.2) is 30.6 Å². The summed E-state index contributed by atoms with van der Waals surface area (Å²) < 4.78 is 2.39. The number of anilines is 1. The molecule has 0 bridgehead atoms. The first-order chi connectivity index (χ1) is 14.0. The number of thioether (sulfide) groups is 1. The number of benzene rings is 1. The van der Waals surface area contributed by atoms with Crippen LogP contribution >= 0.6 is 23.4 Å². The highest BCUT2D eigenvalue weighted by Crippen LogP contribution is 2.32. The normalized spacial score (nSPS) is 15.0. The molecule has 7 nitrogen and oxygen atoms in total. The van der Waals surface area contributed by atoms with Crippen molar-refractivity contribution in [3.8, 4) is 0 Å². The van der Waals surface area contributed by atoms with Gasteiger partial charge >= 0.3 is 5.69 Å². The van der Waals surface area contributed by atoms with Crippen molar-refractivity contribution in [3.63, 3.8) is 0 Å². The molecule has 1 saturated carbocycles. The summed E-state index contributed by atoms with van der Waals surface area (Å²) in [6.45, 7) is 1.69. The lowest BCUT2D eigenvalue weighted by Crippen LogP contribution is -2.28. The van der Waals surface area contributed by atoms with Gasteiger partial charge in [-0.3, -0.25) is 4.79 Å². The van der Waals surface area contributed by atoms with E-state index in [0.29, 0.717) is 21.6 Å². The van der Waals surface area contributed by atoms with Crippen molar-refractivity contribution >= 4 is 40.6 Å². The fourth-order valence-electron chi connectivity index (χ4n) is 3.42. The lowest BCUT2D eigenvalue weighted by atomic mass is 10.0. The van der Waals surface area contributed by atoms with E-state index >= 15 is 0 Å². The van der Waals surface area contributed by atoms with Crippen LogP contribution in [0.5, 0.6) is 0 Å². The maximum absolute atomic E-state index is 12.7. The molecule has 2 heterocycles. The van der Waals surface area contributed by atoms with E-state index in [-0.39, 0.29) is 12.5 Å². The second kappa shape index (κ2) is 8.59. The Morgan fingerprint density at radius 2 is 2.00 bits per heavy atom. The molecule has 1 aliphatic rings. The minimum absolute atomic E-state index is 0.196. The van der Waals surface area contributed by atoms with Crippen LogP contribution in [0.2, 0.25) is 5.02 Å². The van der Waals surface area contributed by atoms with Gasteiger partial charge in [0.2, 0.25) is 5.91 Å². The number of nitrogens with one attached hydrogen (secondary N) is 1. The zero-order chi connectivity index (χ0) is 20.4. The first-order valence-corrected chi connectivity index (χ1v) is 10.9. The van der Waals surface area contributed by atoms with Crippen LogP contribution in [0.1, 0.15) is 37.7 Å². The monoisotopic (exact) mass is 431 g/mol. The average Bonchev–Trinajstić information content (AvgIpc) is 3.01. The number of nitrogens with zero attached hydrogens (tertiary/aromatic N) is 4. The predicted octanol–water partition coefficient (Wildman–Crippen LogP) is 3.92. The third-order valence-electron chi connectivity index (χ3n) is 5.00. The summed E-state index contributed by atoms with van der Waals surface area (Å²) in [6.07, 6.45) is 6.16. The molecular weight excluding hydrogens is 410 g/mol. The average molecular weight is 432 g/mol. The molecule has 0 atom stereocenters. The number of hydrogen-bond acceptors (Lipinski definition) is 5. The highest BCUT2D eigenvalue weighted by molar-refractivity contribution is 7.99. The summed E-state index contributed by atoms with van der Waals surface area (Å²) in [5, 5.41) is 13.3. The molecule has 152 valence electrons. The Morgan fingerprint density at radius 1 is 1.21 bits per heavy atom. The van der Waals surface area contributed by atoms with Gasteiger partial charge in [-0.2, -0.15) is 9.61 Å². The van der Waals surface area contributed by atoms with Gasteiger partial charge in [0.05, 0.1) is 0 Å². The Balaban J connectivity index is 1.48. The molecule has 0 aliphatic heterocycles. The summed E-state index contributed by atoms with van der Waals surface area (Å²) in [5.74, 6) is -0.354. The molecule has 1 aliphatic carbocycles. The van der Waals surface area contributed by atoms with E-state index in [1.54, 1.807) is 30.0 Å². The minimum Gasteiger partial charge on any atom is -0.324 e. The van der Waals surface area contributed by atoms with Crippen LogP contribution in [0.25, 0.3) is 5.65 Å². The Labute approximate surface area is 177 Å². The fourth-order valence-corrected chi connectivity index (χ4v) is 4.79. The number of aryl methyl sites for hydroxylation is 1. The fraction of sp³-hybridized carbons (Fsp3) is 0.400. The van der Waals surface area contributed by atoms with Crippen LogP contribution in [0.15, 0.2) is 40.2 Å². The number of amides is 1. The number of hydrogen-bond donors (Lipinski definition) is 1. The Hall–Kier alpha value is -2.32. The van der Waals surface area contributed by atoms with Crippen molar-refractivity contribution in [1.29, 1.82) is 0 Å². The van der Waals surface area contributed by atoms with E-state index in [1.807, 2.05) is 19.1 Å². The summed E-state index contributed by atoms with van der Waals surface area (Å²) >= 11 is 7.80. The van der Waals surface area contributed by atoms with E-state index in [9.17, 15) is 9.59 Å². The van der Waals surface area contributed by atoms with Gasteiger partial charge in [0.25, 0.3) is 0 Å². The number of carbonyl (C=O) groups is 1. The van der Waals surface area contributed by atoms with Crippen LogP contribution in [-0.2, 0) is 11.3 Å². The number of fused-ring (bicyclic) bond motifs is 1. The molecule has 9 heteroatoms. The molecule has 1 aromatic carbocycles. The lowest BCUT2D eigenvalue weighted by molar-refractivity contribution is -0.117. The summed E-state index contributed by atoms with van der Waals surface area (Å²) in [6, 6.07) is 8.93. The van der Waals surface area contributed by atoms with E-state index < -0.39 is 5.69 Å². The van der Waals surface area contributed by atoms with Gasteiger partial charge in [0.1, 0.15) is 11.6 Å². The van der Waals surface area contributed by atoms with Crippen molar-refractivity contribution in [1.82, 2.24) is 19.4 Å². The van der Waals surface area contributed by atoms with Crippen molar-refractivity contribution < 1.29 is 4.79 Å². The largest absolute Gasteiger partial charge is 0.367 e. The van der Waals surface area contributed by atoms with Gasteiger partial charge in [0, 0.05) is 16.0 Å². The summed E-state index contributed by atoms with van der Waals surface area (Å²) in [7, 11) is 0. The van der Waals surface area contributed by atoms with Crippen molar-refractivity contribution in [3.05, 3.63) is 51.4 Å². The zero-order valence-corrected chi connectivity index (χ0v) is 17.7. The van der Waals surface area contributed by atoms with Gasteiger partial charge in [-0.25, -0.2) is 9.48 Å². The van der Waals surface area contributed by atoms with Gasteiger partial charge in [-0.15, -0.1) is 16.9 Å². The van der Waals surface area contributed by atoms with Gasteiger partial charge in [0.15, 0.2) is 5.65 Å². The third kappa shape index (κ3) is 4.64. The Kier molecular flexibility index (Phi) is 5.91. The Bertz CT molecular complexity index is 1100. The predicted molar refractivity (Wildman–Crippen MR) is 115 cm³/mol. The topological polar surface area (TPSA) is 81.3 Å². The van der Waals surface area contributed by atoms with E-state index in [1.165, 1.54) is 36.6 Å². The standard InChI is InChI=1S/C20H22ClN5O2S/c1-13-7-8-14(11-16(13)21)22-18(27)12-25-20(28)26-17(23-25)9-10-19(24-26)29-15-5-3-2-4-6-15/h7-11,15H,2-6,12H2,1H3,(H,22,27). The van der Waals surface area contributed by atoms with Crippen molar-refractivity contribution in [2.75, 3.05) is 5.32 Å². The summed E-state index contributed by atoms with van der Waals surface area (Å²) in [5.41, 5.74) is 1.50. The molecule has 1 fully saturated rings. The zero-order valence-electron chi connectivity index (χ0n) is 16.1. The molecular formula is C20H22ClN5O2S. The highest BCUT2D eigenvalue weighted by Gasteiger charge is 2.17.